The Balaban J connectivity index is 2.36. The van der Waals surface area contributed by atoms with Gasteiger partial charge in [0.05, 0.1) is 11.4 Å². The van der Waals surface area contributed by atoms with Gasteiger partial charge >= 0.3 is 0 Å². The van der Waals surface area contributed by atoms with Gasteiger partial charge in [0.25, 0.3) is 0 Å². The fourth-order valence-electron chi connectivity index (χ4n) is 3.05. The van der Waals surface area contributed by atoms with Crippen molar-refractivity contribution in [2.24, 2.45) is 7.05 Å². The summed E-state index contributed by atoms with van der Waals surface area (Å²) >= 11 is 0. The van der Waals surface area contributed by atoms with E-state index in [-0.39, 0.29) is 6.04 Å². The highest BCUT2D eigenvalue weighted by atomic mass is 32.2. The zero-order valence-corrected chi connectivity index (χ0v) is 14.2. The standard InChI is InChI=1S/C14H26N4O2S/c1-5-15-10-13-8-6-7-9-18(13)21(19,20)14-11(2)16-17(4)12(14)3/h13,15H,5-10H2,1-4H3. The van der Waals surface area contributed by atoms with Gasteiger partial charge in [-0.3, -0.25) is 4.68 Å². The molecular formula is C14H26N4O2S. The van der Waals surface area contributed by atoms with Gasteiger partial charge in [0.15, 0.2) is 0 Å². The normalized spacial score (nSPS) is 20.9. The van der Waals surface area contributed by atoms with Crippen LogP contribution in [0.15, 0.2) is 4.90 Å². The first kappa shape index (κ1) is 16.5. The van der Waals surface area contributed by atoms with Gasteiger partial charge in [0, 0.05) is 26.2 Å². The minimum absolute atomic E-state index is 0.0442. The summed E-state index contributed by atoms with van der Waals surface area (Å²) in [6.45, 7) is 7.80. The third kappa shape index (κ3) is 3.14. The largest absolute Gasteiger partial charge is 0.315 e. The Bertz CT molecular complexity index is 594. The second-order valence-corrected chi connectivity index (χ2v) is 7.52. The summed E-state index contributed by atoms with van der Waals surface area (Å²) in [5.74, 6) is 0. The van der Waals surface area contributed by atoms with Crippen molar-refractivity contribution in [2.75, 3.05) is 19.6 Å². The van der Waals surface area contributed by atoms with E-state index < -0.39 is 10.0 Å². The molecule has 21 heavy (non-hydrogen) atoms. The third-order valence-electron chi connectivity index (χ3n) is 4.21. The predicted molar refractivity (Wildman–Crippen MR) is 82.8 cm³/mol. The Morgan fingerprint density at radius 1 is 1.33 bits per heavy atom. The quantitative estimate of drug-likeness (QED) is 0.886. The van der Waals surface area contributed by atoms with E-state index in [1.807, 2.05) is 13.8 Å². The minimum Gasteiger partial charge on any atom is -0.315 e. The average Bonchev–Trinajstić information content (AvgIpc) is 2.70. The van der Waals surface area contributed by atoms with E-state index >= 15 is 0 Å². The van der Waals surface area contributed by atoms with E-state index in [1.54, 1.807) is 23.0 Å². The van der Waals surface area contributed by atoms with Crippen molar-refractivity contribution in [3.05, 3.63) is 11.4 Å². The number of nitrogens with one attached hydrogen (secondary N) is 1. The summed E-state index contributed by atoms with van der Waals surface area (Å²) in [5, 5.41) is 7.53. The van der Waals surface area contributed by atoms with Gasteiger partial charge in [-0.1, -0.05) is 13.3 Å². The molecule has 0 bridgehead atoms. The average molecular weight is 314 g/mol. The number of nitrogens with zero attached hydrogens (tertiary/aromatic N) is 3. The van der Waals surface area contributed by atoms with E-state index in [9.17, 15) is 8.42 Å². The van der Waals surface area contributed by atoms with Crippen LogP contribution < -0.4 is 5.32 Å². The van der Waals surface area contributed by atoms with Gasteiger partial charge < -0.3 is 5.32 Å². The summed E-state index contributed by atoms with van der Waals surface area (Å²) in [6.07, 6.45) is 2.94. The molecule has 1 aliphatic rings. The Morgan fingerprint density at radius 3 is 2.62 bits per heavy atom. The van der Waals surface area contributed by atoms with Crippen molar-refractivity contribution in [1.29, 1.82) is 0 Å². The fraction of sp³-hybridized carbons (Fsp3) is 0.786. The first-order chi connectivity index (χ1) is 9.89. The number of hydrogen-bond acceptors (Lipinski definition) is 4. The van der Waals surface area contributed by atoms with Crippen LogP contribution in [0.3, 0.4) is 0 Å². The first-order valence-electron chi connectivity index (χ1n) is 7.62. The van der Waals surface area contributed by atoms with E-state index in [0.29, 0.717) is 29.4 Å². The van der Waals surface area contributed by atoms with Crippen LogP contribution >= 0.6 is 0 Å². The monoisotopic (exact) mass is 314 g/mol. The van der Waals surface area contributed by atoms with Crippen LogP contribution in [0.2, 0.25) is 0 Å². The molecule has 1 aromatic heterocycles. The maximum Gasteiger partial charge on any atom is 0.247 e. The number of sulfonamides is 1. The number of piperidine rings is 1. The van der Waals surface area contributed by atoms with Crippen molar-refractivity contribution in [2.45, 2.75) is 51.0 Å². The number of hydrogen-bond donors (Lipinski definition) is 1. The summed E-state index contributed by atoms with van der Waals surface area (Å²) in [4.78, 5) is 0.383. The lowest BCUT2D eigenvalue weighted by molar-refractivity contribution is 0.246. The van der Waals surface area contributed by atoms with Gasteiger partial charge in [-0.25, -0.2) is 8.42 Å². The molecule has 0 aromatic carbocycles. The lowest BCUT2D eigenvalue weighted by Gasteiger charge is -2.34. The zero-order valence-electron chi connectivity index (χ0n) is 13.4. The van der Waals surface area contributed by atoms with Gasteiger partial charge in [-0.2, -0.15) is 9.40 Å². The van der Waals surface area contributed by atoms with E-state index in [2.05, 4.69) is 10.4 Å². The molecule has 0 spiro atoms. The Kier molecular flexibility index (Phi) is 5.06. The Hall–Kier alpha value is -0.920. The van der Waals surface area contributed by atoms with Crippen LogP contribution in [0.4, 0.5) is 0 Å². The van der Waals surface area contributed by atoms with Crippen molar-refractivity contribution >= 4 is 10.0 Å². The van der Waals surface area contributed by atoms with Crippen molar-refractivity contribution in [3.8, 4) is 0 Å². The van der Waals surface area contributed by atoms with Crippen LogP contribution in [0.5, 0.6) is 0 Å². The number of likely N-dealkylation sites (N-methyl/N-ethyl adjacent to an activating group) is 1. The van der Waals surface area contributed by atoms with Crippen LogP contribution in [0.25, 0.3) is 0 Å². The molecule has 0 radical (unpaired) electrons. The highest BCUT2D eigenvalue weighted by molar-refractivity contribution is 7.89. The van der Waals surface area contributed by atoms with E-state index in [0.717, 1.165) is 25.8 Å². The van der Waals surface area contributed by atoms with Crippen molar-refractivity contribution in [1.82, 2.24) is 19.4 Å². The highest BCUT2D eigenvalue weighted by Crippen LogP contribution is 2.28. The molecule has 1 aromatic rings. The maximum absolute atomic E-state index is 13.1. The van der Waals surface area contributed by atoms with Crippen molar-refractivity contribution < 1.29 is 8.42 Å². The fourth-order valence-corrected chi connectivity index (χ4v) is 5.15. The maximum atomic E-state index is 13.1. The zero-order chi connectivity index (χ0) is 15.6. The first-order valence-corrected chi connectivity index (χ1v) is 9.06. The van der Waals surface area contributed by atoms with Gasteiger partial charge in [-0.05, 0) is 33.2 Å². The number of aryl methyl sites for hydroxylation is 2. The lowest BCUT2D eigenvalue weighted by atomic mass is 10.1. The molecule has 1 aliphatic heterocycles. The third-order valence-corrected chi connectivity index (χ3v) is 6.42. The van der Waals surface area contributed by atoms with E-state index in [1.165, 1.54) is 0 Å². The van der Waals surface area contributed by atoms with Gasteiger partial charge in [0.1, 0.15) is 4.90 Å². The molecule has 1 fully saturated rings. The molecular weight excluding hydrogens is 288 g/mol. The number of aromatic nitrogens is 2. The molecule has 120 valence electrons. The smallest absolute Gasteiger partial charge is 0.247 e. The minimum atomic E-state index is -3.47. The van der Waals surface area contributed by atoms with Crippen molar-refractivity contribution in [3.63, 3.8) is 0 Å². The summed E-state index contributed by atoms with van der Waals surface area (Å²) in [5.41, 5.74) is 1.29. The van der Waals surface area contributed by atoms with Gasteiger partial charge in [0.2, 0.25) is 10.0 Å². The number of rotatable bonds is 5. The van der Waals surface area contributed by atoms with Crippen LogP contribution in [0, 0.1) is 13.8 Å². The topological polar surface area (TPSA) is 67.2 Å². The lowest BCUT2D eigenvalue weighted by Crippen LogP contribution is -2.48. The molecule has 7 heteroatoms. The van der Waals surface area contributed by atoms with Crippen LogP contribution in [-0.2, 0) is 17.1 Å². The molecule has 1 N–H and O–H groups in total. The summed E-state index contributed by atoms with van der Waals surface area (Å²) < 4.78 is 29.4. The summed E-state index contributed by atoms with van der Waals surface area (Å²) in [6, 6.07) is 0.0442. The van der Waals surface area contributed by atoms with Crippen LogP contribution in [0.1, 0.15) is 37.6 Å². The Labute approximate surface area is 127 Å². The second-order valence-electron chi connectivity index (χ2n) is 5.70. The molecule has 2 heterocycles. The van der Waals surface area contributed by atoms with E-state index in [4.69, 9.17) is 0 Å². The highest BCUT2D eigenvalue weighted by Gasteiger charge is 2.36. The molecule has 0 saturated carbocycles. The molecule has 6 nitrogen and oxygen atoms in total. The van der Waals surface area contributed by atoms with Crippen LogP contribution in [-0.4, -0.2) is 48.2 Å². The molecule has 0 aliphatic carbocycles. The molecule has 1 saturated heterocycles. The summed E-state index contributed by atoms with van der Waals surface area (Å²) in [7, 11) is -1.69. The Morgan fingerprint density at radius 2 is 2.05 bits per heavy atom. The molecule has 1 unspecified atom stereocenters. The van der Waals surface area contributed by atoms with Gasteiger partial charge in [-0.15, -0.1) is 0 Å². The predicted octanol–water partition coefficient (Wildman–Crippen LogP) is 1.19. The molecule has 2 rings (SSSR count). The molecule has 1 atom stereocenters. The second kappa shape index (κ2) is 6.46. The molecule has 0 amide bonds. The SMILES string of the molecule is CCNCC1CCCCN1S(=O)(=O)c1c(C)nn(C)c1C.